The molecule has 17 heavy (non-hydrogen) atoms. The summed E-state index contributed by atoms with van der Waals surface area (Å²) in [6, 6.07) is 13.0. The summed E-state index contributed by atoms with van der Waals surface area (Å²) in [7, 11) is 0. The molecular weight excluding hydrogens is 226 g/mol. The van der Waals surface area contributed by atoms with Crippen LogP contribution in [0.25, 0.3) is 0 Å². The minimum atomic E-state index is -0.0266. The van der Waals surface area contributed by atoms with E-state index in [1.807, 2.05) is 17.8 Å². The Labute approximate surface area is 108 Å². The molecular formula is C15H19NS. The third-order valence-electron chi connectivity index (χ3n) is 3.68. The van der Waals surface area contributed by atoms with Crippen LogP contribution in [0.3, 0.4) is 0 Å². The molecule has 0 aliphatic heterocycles. The van der Waals surface area contributed by atoms with Crippen LogP contribution in [-0.2, 0) is 0 Å². The minimum Gasteiger partial charge on any atom is -0.198 e. The predicted molar refractivity (Wildman–Crippen MR) is 72.8 cm³/mol. The summed E-state index contributed by atoms with van der Waals surface area (Å²) in [6.07, 6.45) is 4.45. The maximum Gasteiger partial charge on any atom is 0.0690 e. The second kappa shape index (κ2) is 5.60. The molecule has 2 atom stereocenters. The first-order chi connectivity index (χ1) is 8.24. The molecule has 0 heterocycles. The van der Waals surface area contributed by atoms with Crippen molar-refractivity contribution in [3.63, 3.8) is 0 Å². The van der Waals surface area contributed by atoms with E-state index >= 15 is 0 Å². The lowest BCUT2D eigenvalue weighted by molar-refractivity contribution is 0.383. The Morgan fingerprint density at radius 3 is 2.76 bits per heavy atom. The van der Waals surface area contributed by atoms with E-state index < -0.39 is 0 Å². The highest BCUT2D eigenvalue weighted by molar-refractivity contribution is 7.99. The Bertz CT molecular complexity index is 395. The summed E-state index contributed by atoms with van der Waals surface area (Å²) in [5.74, 6) is 1.79. The van der Waals surface area contributed by atoms with Gasteiger partial charge in [0.2, 0.25) is 0 Å². The van der Waals surface area contributed by atoms with Crippen LogP contribution in [0.5, 0.6) is 0 Å². The highest BCUT2D eigenvalue weighted by atomic mass is 32.2. The van der Waals surface area contributed by atoms with Crippen LogP contribution < -0.4 is 0 Å². The van der Waals surface area contributed by atoms with Crippen LogP contribution in [0.1, 0.15) is 32.6 Å². The lowest BCUT2D eigenvalue weighted by Gasteiger charge is -2.20. The number of benzene rings is 1. The van der Waals surface area contributed by atoms with Crippen LogP contribution in [-0.4, -0.2) is 5.75 Å². The second-order valence-electron chi connectivity index (χ2n) is 5.15. The Morgan fingerprint density at radius 2 is 2.18 bits per heavy atom. The van der Waals surface area contributed by atoms with Gasteiger partial charge in [0.1, 0.15) is 0 Å². The molecule has 2 heteroatoms. The number of thioether (sulfide) groups is 1. The molecule has 0 bridgehead atoms. The van der Waals surface area contributed by atoms with Gasteiger partial charge in [0.25, 0.3) is 0 Å². The average molecular weight is 245 g/mol. The van der Waals surface area contributed by atoms with Gasteiger partial charge in [-0.3, -0.25) is 0 Å². The van der Waals surface area contributed by atoms with E-state index in [1.54, 1.807) is 0 Å². The minimum absolute atomic E-state index is 0.0266. The SMILES string of the molecule is CC1CCC(C#N)(CCSc2ccccc2)C1. The highest BCUT2D eigenvalue weighted by Crippen LogP contribution is 2.44. The molecule has 0 aromatic heterocycles. The lowest BCUT2D eigenvalue weighted by Crippen LogP contribution is -2.15. The molecule has 2 rings (SSSR count). The van der Waals surface area contributed by atoms with Gasteiger partial charge in [0.15, 0.2) is 0 Å². The first kappa shape index (κ1) is 12.5. The molecule has 1 aliphatic carbocycles. The second-order valence-corrected chi connectivity index (χ2v) is 6.32. The Balaban J connectivity index is 1.84. The van der Waals surface area contributed by atoms with E-state index in [9.17, 15) is 5.26 Å². The van der Waals surface area contributed by atoms with Gasteiger partial charge in [-0.1, -0.05) is 25.1 Å². The molecule has 1 aliphatic rings. The van der Waals surface area contributed by atoms with Crippen LogP contribution in [0, 0.1) is 22.7 Å². The van der Waals surface area contributed by atoms with Crippen molar-refractivity contribution in [3.8, 4) is 6.07 Å². The fourth-order valence-electron chi connectivity index (χ4n) is 2.66. The fourth-order valence-corrected chi connectivity index (χ4v) is 3.74. The summed E-state index contributed by atoms with van der Waals surface area (Å²) >= 11 is 1.87. The quantitative estimate of drug-likeness (QED) is 0.729. The smallest absolute Gasteiger partial charge is 0.0690 e. The van der Waals surface area contributed by atoms with E-state index in [0.717, 1.165) is 30.9 Å². The summed E-state index contributed by atoms with van der Waals surface area (Å²) in [6.45, 7) is 2.27. The van der Waals surface area contributed by atoms with Crippen molar-refractivity contribution in [2.24, 2.45) is 11.3 Å². The Kier molecular flexibility index (Phi) is 4.12. The molecule has 0 N–H and O–H groups in total. The fraction of sp³-hybridized carbons (Fsp3) is 0.533. The molecule has 0 spiro atoms. The van der Waals surface area contributed by atoms with Crippen molar-refractivity contribution < 1.29 is 0 Å². The normalized spacial score (nSPS) is 27.9. The van der Waals surface area contributed by atoms with Gasteiger partial charge in [-0.15, -0.1) is 11.8 Å². The summed E-state index contributed by atoms with van der Waals surface area (Å²) in [4.78, 5) is 1.31. The van der Waals surface area contributed by atoms with Gasteiger partial charge in [-0.25, -0.2) is 0 Å². The van der Waals surface area contributed by atoms with E-state index in [0.29, 0.717) is 0 Å². The van der Waals surface area contributed by atoms with Gasteiger partial charge >= 0.3 is 0 Å². The number of hydrogen-bond donors (Lipinski definition) is 0. The molecule has 0 amide bonds. The van der Waals surface area contributed by atoms with Gasteiger partial charge in [0.05, 0.1) is 11.5 Å². The number of nitriles is 1. The van der Waals surface area contributed by atoms with Crippen molar-refractivity contribution in [2.75, 3.05) is 5.75 Å². The van der Waals surface area contributed by atoms with E-state index in [1.165, 1.54) is 11.3 Å². The van der Waals surface area contributed by atoms with Crippen molar-refractivity contribution in [1.82, 2.24) is 0 Å². The van der Waals surface area contributed by atoms with Crippen molar-refractivity contribution in [3.05, 3.63) is 30.3 Å². The number of hydrogen-bond acceptors (Lipinski definition) is 2. The topological polar surface area (TPSA) is 23.8 Å². The van der Waals surface area contributed by atoms with Gasteiger partial charge < -0.3 is 0 Å². The first-order valence-electron chi connectivity index (χ1n) is 6.33. The van der Waals surface area contributed by atoms with E-state index in [-0.39, 0.29) is 5.41 Å². The molecule has 2 unspecified atom stereocenters. The van der Waals surface area contributed by atoms with Gasteiger partial charge in [-0.2, -0.15) is 5.26 Å². The maximum absolute atomic E-state index is 9.37. The standard InChI is InChI=1S/C15H19NS/c1-13-7-8-15(11-13,12-16)9-10-17-14-5-3-2-4-6-14/h2-6,13H,7-11H2,1H3. The first-order valence-corrected chi connectivity index (χ1v) is 7.32. The zero-order valence-electron chi connectivity index (χ0n) is 10.4. The van der Waals surface area contributed by atoms with E-state index in [4.69, 9.17) is 0 Å². The summed E-state index contributed by atoms with van der Waals surface area (Å²) < 4.78 is 0. The van der Waals surface area contributed by atoms with E-state index in [2.05, 4.69) is 37.3 Å². The summed E-state index contributed by atoms with van der Waals surface area (Å²) in [5.41, 5.74) is -0.0266. The molecule has 0 saturated heterocycles. The Morgan fingerprint density at radius 1 is 1.41 bits per heavy atom. The monoisotopic (exact) mass is 245 g/mol. The summed E-state index contributed by atoms with van der Waals surface area (Å²) in [5, 5.41) is 9.37. The highest BCUT2D eigenvalue weighted by Gasteiger charge is 2.36. The number of nitrogens with zero attached hydrogens (tertiary/aromatic N) is 1. The molecule has 1 fully saturated rings. The molecule has 90 valence electrons. The molecule has 1 saturated carbocycles. The average Bonchev–Trinajstić information content (AvgIpc) is 2.73. The number of rotatable bonds is 4. The van der Waals surface area contributed by atoms with Gasteiger partial charge in [-0.05, 0) is 49.5 Å². The third-order valence-corrected chi connectivity index (χ3v) is 4.70. The van der Waals surface area contributed by atoms with Crippen LogP contribution in [0.15, 0.2) is 35.2 Å². The third kappa shape index (κ3) is 3.26. The molecule has 0 radical (unpaired) electrons. The van der Waals surface area contributed by atoms with Crippen molar-refractivity contribution in [2.45, 2.75) is 37.5 Å². The molecule has 1 aromatic carbocycles. The van der Waals surface area contributed by atoms with Crippen LogP contribution >= 0.6 is 11.8 Å². The maximum atomic E-state index is 9.37. The largest absolute Gasteiger partial charge is 0.198 e. The molecule has 1 nitrogen and oxygen atoms in total. The van der Waals surface area contributed by atoms with Crippen LogP contribution in [0.2, 0.25) is 0 Å². The zero-order valence-corrected chi connectivity index (χ0v) is 11.2. The molecule has 1 aromatic rings. The predicted octanol–water partition coefficient (Wildman–Crippen LogP) is 4.50. The Hall–Kier alpha value is -0.940. The lowest BCUT2D eigenvalue weighted by atomic mass is 9.84. The zero-order chi connectivity index (χ0) is 12.1. The van der Waals surface area contributed by atoms with Crippen LogP contribution in [0.4, 0.5) is 0 Å². The van der Waals surface area contributed by atoms with Crippen molar-refractivity contribution in [1.29, 1.82) is 5.26 Å². The van der Waals surface area contributed by atoms with Gasteiger partial charge in [0, 0.05) is 4.90 Å². The van der Waals surface area contributed by atoms with Crippen molar-refractivity contribution >= 4 is 11.8 Å².